The van der Waals surface area contributed by atoms with E-state index in [9.17, 15) is 0 Å². The van der Waals surface area contributed by atoms with E-state index in [4.69, 9.17) is 16.3 Å². The average molecular weight is 308 g/mol. The first kappa shape index (κ1) is 15.3. The lowest BCUT2D eigenvalue weighted by Crippen LogP contribution is -2.09. The van der Waals surface area contributed by atoms with E-state index in [2.05, 4.69) is 25.6 Å². The van der Waals surface area contributed by atoms with Gasteiger partial charge in [0.25, 0.3) is 0 Å². The van der Waals surface area contributed by atoms with Gasteiger partial charge in [0.05, 0.1) is 17.3 Å². The van der Waals surface area contributed by atoms with Crippen LogP contribution in [0, 0.1) is 0 Å². The number of aromatic nitrogens is 3. The van der Waals surface area contributed by atoms with Crippen molar-refractivity contribution in [3.63, 3.8) is 0 Å². The second-order valence-corrected chi connectivity index (χ2v) is 4.66. The molecule has 7 heteroatoms. The lowest BCUT2D eigenvalue weighted by Gasteiger charge is -2.10. The SMILES string of the molecule is CCCOc1nc(NCC)nc(Nc2ccccc2Cl)n1. The summed E-state index contributed by atoms with van der Waals surface area (Å²) < 4.78 is 5.48. The molecule has 1 heterocycles. The number of ether oxygens (including phenoxy) is 1. The number of anilines is 3. The van der Waals surface area contributed by atoms with Gasteiger partial charge in [-0.3, -0.25) is 0 Å². The van der Waals surface area contributed by atoms with E-state index >= 15 is 0 Å². The molecule has 0 aliphatic rings. The number of hydrogen-bond acceptors (Lipinski definition) is 6. The summed E-state index contributed by atoms with van der Waals surface area (Å²) in [5.41, 5.74) is 0.731. The van der Waals surface area contributed by atoms with E-state index in [-0.39, 0.29) is 6.01 Å². The van der Waals surface area contributed by atoms with E-state index in [0.717, 1.165) is 12.1 Å². The molecule has 0 aliphatic carbocycles. The van der Waals surface area contributed by atoms with Crippen LogP contribution in [0.5, 0.6) is 6.01 Å². The summed E-state index contributed by atoms with van der Waals surface area (Å²) in [7, 11) is 0. The third-order valence-corrected chi connectivity index (χ3v) is 2.83. The quantitative estimate of drug-likeness (QED) is 0.816. The van der Waals surface area contributed by atoms with Gasteiger partial charge in [0, 0.05) is 6.54 Å². The van der Waals surface area contributed by atoms with Gasteiger partial charge >= 0.3 is 6.01 Å². The van der Waals surface area contributed by atoms with Crippen LogP contribution in [-0.4, -0.2) is 28.1 Å². The maximum absolute atomic E-state index is 6.12. The number of benzene rings is 1. The highest BCUT2D eigenvalue weighted by Crippen LogP contribution is 2.24. The summed E-state index contributed by atoms with van der Waals surface area (Å²) in [4.78, 5) is 12.7. The van der Waals surface area contributed by atoms with Crippen molar-refractivity contribution >= 4 is 29.2 Å². The minimum Gasteiger partial charge on any atom is -0.463 e. The lowest BCUT2D eigenvalue weighted by molar-refractivity contribution is 0.292. The molecular formula is C14H18ClN5O. The molecule has 1 aromatic heterocycles. The Bertz CT molecular complexity index is 593. The van der Waals surface area contributed by atoms with E-state index in [1.165, 1.54) is 0 Å². The van der Waals surface area contributed by atoms with Crippen LogP contribution in [0.3, 0.4) is 0 Å². The van der Waals surface area contributed by atoms with Crippen molar-refractivity contribution in [1.82, 2.24) is 15.0 Å². The van der Waals surface area contributed by atoms with Crippen LogP contribution in [0.4, 0.5) is 17.6 Å². The maximum atomic E-state index is 6.12. The molecule has 0 bridgehead atoms. The molecule has 1 aromatic carbocycles. The fourth-order valence-electron chi connectivity index (χ4n) is 1.59. The van der Waals surface area contributed by atoms with Crippen molar-refractivity contribution in [1.29, 1.82) is 0 Å². The highest BCUT2D eigenvalue weighted by atomic mass is 35.5. The monoisotopic (exact) mass is 307 g/mol. The van der Waals surface area contributed by atoms with Crippen molar-refractivity contribution in [2.45, 2.75) is 20.3 Å². The number of para-hydroxylation sites is 1. The zero-order valence-corrected chi connectivity index (χ0v) is 12.8. The second kappa shape index (κ2) is 7.64. The van der Waals surface area contributed by atoms with Crippen molar-refractivity contribution in [2.24, 2.45) is 0 Å². The third-order valence-electron chi connectivity index (χ3n) is 2.51. The molecular weight excluding hydrogens is 290 g/mol. The molecule has 0 fully saturated rings. The van der Waals surface area contributed by atoms with Crippen LogP contribution in [0.1, 0.15) is 20.3 Å². The van der Waals surface area contributed by atoms with Gasteiger partial charge in [0.2, 0.25) is 11.9 Å². The Morgan fingerprint density at radius 2 is 1.86 bits per heavy atom. The topological polar surface area (TPSA) is 72.0 Å². The Morgan fingerprint density at radius 3 is 2.57 bits per heavy atom. The largest absolute Gasteiger partial charge is 0.463 e. The van der Waals surface area contributed by atoms with Gasteiger partial charge < -0.3 is 15.4 Å². The summed E-state index contributed by atoms with van der Waals surface area (Å²) in [5.74, 6) is 0.855. The van der Waals surface area contributed by atoms with Crippen LogP contribution in [0.15, 0.2) is 24.3 Å². The van der Waals surface area contributed by atoms with Crippen molar-refractivity contribution < 1.29 is 4.74 Å². The molecule has 0 aliphatic heterocycles. The Hall–Kier alpha value is -2.08. The number of nitrogens with one attached hydrogen (secondary N) is 2. The molecule has 0 saturated carbocycles. The van der Waals surface area contributed by atoms with Crippen LogP contribution >= 0.6 is 11.6 Å². The standard InChI is InChI=1S/C14H18ClN5O/c1-3-9-21-14-19-12(16-4-2)18-13(20-14)17-11-8-6-5-7-10(11)15/h5-8H,3-4,9H2,1-2H3,(H2,16,17,18,19,20). The molecule has 0 radical (unpaired) electrons. The zero-order chi connectivity index (χ0) is 15.1. The van der Waals surface area contributed by atoms with Crippen molar-refractivity contribution in [3.8, 4) is 6.01 Å². The first-order valence-corrected chi connectivity index (χ1v) is 7.25. The Kier molecular flexibility index (Phi) is 5.57. The molecule has 0 amide bonds. The second-order valence-electron chi connectivity index (χ2n) is 4.25. The molecule has 112 valence electrons. The summed E-state index contributed by atoms with van der Waals surface area (Å²) in [5, 5.41) is 6.72. The first-order chi connectivity index (χ1) is 10.2. The normalized spacial score (nSPS) is 10.2. The van der Waals surface area contributed by atoms with E-state index < -0.39 is 0 Å². The predicted octanol–water partition coefficient (Wildman–Crippen LogP) is 3.49. The molecule has 0 unspecified atom stereocenters. The molecule has 2 rings (SSSR count). The average Bonchev–Trinajstić information content (AvgIpc) is 2.48. The molecule has 6 nitrogen and oxygen atoms in total. The van der Waals surface area contributed by atoms with E-state index in [1.807, 2.05) is 32.0 Å². The van der Waals surface area contributed by atoms with Crippen molar-refractivity contribution in [3.05, 3.63) is 29.3 Å². The summed E-state index contributed by atoms with van der Waals surface area (Å²) in [6.45, 7) is 5.26. The number of rotatable bonds is 7. The Morgan fingerprint density at radius 1 is 1.10 bits per heavy atom. The molecule has 0 saturated heterocycles. The smallest absolute Gasteiger partial charge is 0.323 e. The molecule has 2 N–H and O–H groups in total. The number of halogens is 1. The molecule has 0 spiro atoms. The van der Waals surface area contributed by atoms with E-state index in [1.54, 1.807) is 6.07 Å². The third kappa shape index (κ3) is 4.46. The van der Waals surface area contributed by atoms with Crippen LogP contribution < -0.4 is 15.4 Å². The minimum atomic E-state index is 0.289. The first-order valence-electron chi connectivity index (χ1n) is 6.87. The van der Waals surface area contributed by atoms with Gasteiger partial charge in [-0.15, -0.1) is 0 Å². The fraction of sp³-hybridized carbons (Fsp3) is 0.357. The van der Waals surface area contributed by atoms with Gasteiger partial charge in [-0.1, -0.05) is 30.7 Å². The fourth-order valence-corrected chi connectivity index (χ4v) is 1.77. The molecule has 2 aromatic rings. The van der Waals surface area contributed by atoms with Crippen LogP contribution in [0.25, 0.3) is 0 Å². The van der Waals surface area contributed by atoms with Gasteiger partial charge in [-0.25, -0.2) is 0 Å². The predicted molar refractivity (Wildman–Crippen MR) is 84.5 cm³/mol. The van der Waals surface area contributed by atoms with E-state index in [0.29, 0.717) is 30.1 Å². The zero-order valence-electron chi connectivity index (χ0n) is 12.1. The van der Waals surface area contributed by atoms with Gasteiger partial charge in [0.15, 0.2) is 0 Å². The highest BCUT2D eigenvalue weighted by molar-refractivity contribution is 6.33. The molecule has 21 heavy (non-hydrogen) atoms. The summed E-state index contributed by atoms with van der Waals surface area (Å²) in [6, 6.07) is 7.68. The number of nitrogens with zero attached hydrogens (tertiary/aromatic N) is 3. The maximum Gasteiger partial charge on any atom is 0.323 e. The minimum absolute atomic E-state index is 0.289. The highest BCUT2D eigenvalue weighted by Gasteiger charge is 2.08. The molecule has 0 atom stereocenters. The Balaban J connectivity index is 2.24. The van der Waals surface area contributed by atoms with Gasteiger partial charge in [-0.2, -0.15) is 15.0 Å². The summed E-state index contributed by atoms with van der Waals surface area (Å²) >= 11 is 6.12. The number of hydrogen-bond donors (Lipinski definition) is 2. The van der Waals surface area contributed by atoms with Crippen molar-refractivity contribution in [2.75, 3.05) is 23.8 Å². The van der Waals surface area contributed by atoms with Gasteiger partial charge in [-0.05, 0) is 25.5 Å². The van der Waals surface area contributed by atoms with Crippen LogP contribution in [0.2, 0.25) is 5.02 Å². The van der Waals surface area contributed by atoms with Gasteiger partial charge in [0.1, 0.15) is 0 Å². The Labute approximate surface area is 128 Å². The lowest BCUT2D eigenvalue weighted by atomic mass is 10.3. The summed E-state index contributed by atoms with van der Waals surface area (Å²) in [6.07, 6.45) is 0.884. The van der Waals surface area contributed by atoms with Crippen LogP contribution in [-0.2, 0) is 0 Å².